The third-order valence-electron chi connectivity index (χ3n) is 3.57. The summed E-state index contributed by atoms with van der Waals surface area (Å²) in [6.45, 7) is 0. The summed E-state index contributed by atoms with van der Waals surface area (Å²) in [5, 5.41) is 14.4. The Balaban J connectivity index is 1.59. The molecule has 0 unspecified atom stereocenters. The largest absolute Gasteiger partial charge is 0.416 e. The Morgan fingerprint density at radius 1 is 1.18 bits per heavy atom. The predicted octanol–water partition coefficient (Wildman–Crippen LogP) is 4.46. The summed E-state index contributed by atoms with van der Waals surface area (Å²) in [4.78, 5) is 12.1. The van der Waals surface area contributed by atoms with Gasteiger partial charge in [0.05, 0.1) is 22.0 Å². The maximum absolute atomic E-state index is 12.8. The molecule has 0 saturated carbocycles. The Bertz CT molecular complexity index is 965. The number of anilines is 1. The Morgan fingerprint density at radius 2 is 1.93 bits per heavy atom. The molecular weight excluding hydrogens is 415 g/mol. The normalized spacial score (nSPS) is 11.4. The second-order valence-corrected chi connectivity index (χ2v) is 7.02. The highest BCUT2D eigenvalue weighted by Crippen LogP contribution is 2.33. The van der Waals surface area contributed by atoms with Crippen LogP contribution in [0.15, 0.2) is 53.7 Å². The van der Waals surface area contributed by atoms with E-state index in [9.17, 15) is 18.0 Å². The summed E-state index contributed by atoms with van der Waals surface area (Å²) in [5.41, 5.74) is -0.195. The summed E-state index contributed by atoms with van der Waals surface area (Å²) in [6.07, 6.45) is -4.48. The fourth-order valence-corrected chi connectivity index (χ4v) is 3.24. The van der Waals surface area contributed by atoms with E-state index in [2.05, 4.69) is 20.8 Å². The number of hydrogen-bond donors (Lipinski definition) is 1. The van der Waals surface area contributed by atoms with Crippen LogP contribution in [0, 0.1) is 0 Å². The SMILES string of the molecule is O=C(CCSc1nnnn1-c1ccccc1)Nc1cc(C(F)(F)F)ccc1Cl. The van der Waals surface area contributed by atoms with Crippen molar-refractivity contribution in [3.8, 4) is 5.69 Å². The van der Waals surface area contributed by atoms with E-state index in [1.807, 2.05) is 30.3 Å². The van der Waals surface area contributed by atoms with Gasteiger partial charge in [-0.05, 0) is 40.8 Å². The first-order valence-corrected chi connectivity index (χ1v) is 9.34. The highest BCUT2D eigenvalue weighted by atomic mass is 35.5. The lowest BCUT2D eigenvalue weighted by Crippen LogP contribution is -2.14. The van der Waals surface area contributed by atoms with E-state index in [4.69, 9.17) is 11.6 Å². The van der Waals surface area contributed by atoms with Crippen LogP contribution in [0.2, 0.25) is 5.02 Å². The zero-order valence-electron chi connectivity index (χ0n) is 14.2. The van der Waals surface area contributed by atoms with Gasteiger partial charge < -0.3 is 5.32 Å². The van der Waals surface area contributed by atoms with Gasteiger partial charge in [-0.1, -0.05) is 41.6 Å². The van der Waals surface area contributed by atoms with E-state index < -0.39 is 17.6 Å². The van der Waals surface area contributed by atoms with Gasteiger partial charge in [-0.3, -0.25) is 4.79 Å². The number of halogens is 4. The number of hydrogen-bond acceptors (Lipinski definition) is 5. The van der Waals surface area contributed by atoms with E-state index in [1.54, 1.807) is 0 Å². The topological polar surface area (TPSA) is 72.7 Å². The maximum Gasteiger partial charge on any atom is 0.416 e. The standard InChI is InChI=1S/C17H13ClF3N5OS/c18-13-7-6-11(17(19,20)21)10-14(13)22-15(27)8-9-28-16-23-24-25-26(16)12-4-2-1-3-5-12/h1-7,10H,8-9H2,(H,22,27). The maximum atomic E-state index is 12.8. The summed E-state index contributed by atoms with van der Waals surface area (Å²) in [7, 11) is 0. The summed E-state index contributed by atoms with van der Waals surface area (Å²) in [5.74, 6) is -0.136. The molecule has 0 saturated heterocycles. The van der Waals surface area contributed by atoms with E-state index in [0.717, 1.165) is 23.9 Å². The molecule has 0 radical (unpaired) electrons. The molecule has 146 valence electrons. The number of nitrogens with zero attached hydrogens (tertiary/aromatic N) is 4. The van der Waals surface area contributed by atoms with Gasteiger partial charge in [0, 0.05) is 12.2 Å². The van der Waals surface area contributed by atoms with E-state index >= 15 is 0 Å². The molecule has 0 aliphatic carbocycles. The molecule has 1 N–H and O–H groups in total. The minimum atomic E-state index is -4.52. The van der Waals surface area contributed by atoms with Gasteiger partial charge in [0.1, 0.15) is 0 Å². The van der Waals surface area contributed by atoms with Crippen molar-refractivity contribution in [3.63, 3.8) is 0 Å². The van der Waals surface area contributed by atoms with Gasteiger partial charge >= 0.3 is 6.18 Å². The number of aromatic nitrogens is 4. The van der Waals surface area contributed by atoms with Crippen molar-refractivity contribution in [2.75, 3.05) is 11.1 Å². The van der Waals surface area contributed by atoms with Crippen molar-refractivity contribution >= 4 is 35.0 Å². The minimum Gasteiger partial charge on any atom is -0.325 e. The molecule has 1 amide bonds. The number of amides is 1. The smallest absolute Gasteiger partial charge is 0.325 e. The first-order chi connectivity index (χ1) is 13.3. The highest BCUT2D eigenvalue weighted by molar-refractivity contribution is 7.99. The second kappa shape index (κ2) is 8.61. The van der Waals surface area contributed by atoms with Crippen molar-refractivity contribution in [2.45, 2.75) is 17.8 Å². The van der Waals surface area contributed by atoms with Gasteiger partial charge in [0.25, 0.3) is 0 Å². The number of thioether (sulfide) groups is 1. The van der Waals surface area contributed by atoms with Crippen LogP contribution in [-0.4, -0.2) is 31.9 Å². The van der Waals surface area contributed by atoms with Crippen LogP contribution in [0.25, 0.3) is 5.69 Å². The van der Waals surface area contributed by atoms with Crippen LogP contribution in [0.3, 0.4) is 0 Å². The Labute approximate surface area is 167 Å². The number of nitrogens with one attached hydrogen (secondary N) is 1. The average molecular weight is 428 g/mol. The quantitative estimate of drug-likeness (QED) is 0.588. The molecule has 2 aromatic carbocycles. The van der Waals surface area contributed by atoms with E-state index in [-0.39, 0.29) is 17.1 Å². The lowest BCUT2D eigenvalue weighted by atomic mass is 10.2. The van der Waals surface area contributed by atoms with Crippen LogP contribution in [-0.2, 0) is 11.0 Å². The molecule has 0 atom stereocenters. The van der Waals surface area contributed by atoms with Crippen LogP contribution in [0.4, 0.5) is 18.9 Å². The fourth-order valence-electron chi connectivity index (χ4n) is 2.25. The van der Waals surface area contributed by atoms with E-state index in [1.165, 1.54) is 16.4 Å². The van der Waals surface area contributed by atoms with E-state index in [0.29, 0.717) is 10.9 Å². The average Bonchev–Trinajstić information content (AvgIpc) is 3.12. The number of carbonyl (C=O) groups excluding carboxylic acids is 1. The molecule has 0 aliphatic rings. The van der Waals surface area contributed by atoms with Crippen LogP contribution in [0.5, 0.6) is 0 Å². The zero-order chi connectivity index (χ0) is 20.1. The van der Waals surface area contributed by atoms with Crippen molar-refractivity contribution in [1.82, 2.24) is 20.2 Å². The fraction of sp³-hybridized carbons (Fsp3) is 0.176. The molecular formula is C17H13ClF3N5OS. The van der Waals surface area contributed by atoms with Crippen LogP contribution in [0.1, 0.15) is 12.0 Å². The zero-order valence-corrected chi connectivity index (χ0v) is 15.7. The molecule has 0 fully saturated rings. The number of para-hydroxylation sites is 1. The van der Waals surface area contributed by atoms with Crippen LogP contribution < -0.4 is 5.32 Å². The first kappa shape index (κ1) is 20.2. The van der Waals surface area contributed by atoms with Crippen molar-refractivity contribution in [2.24, 2.45) is 0 Å². The lowest BCUT2D eigenvalue weighted by Gasteiger charge is -2.11. The Morgan fingerprint density at radius 3 is 2.64 bits per heavy atom. The van der Waals surface area contributed by atoms with Crippen molar-refractivity contribution in [1.29, 1.82) is 0 Å². The molecule has 0 bridgehead atoms. The van der Waals surface area contributed by atoms with Gasteiger partial charge in [-0.25, -0.2) is 0 Å². The van der Waals surface area contributed by atoms with Gasteiger partial charge in [0.2, 0.25) is 11.1 Å². The summed E-state index contributed by atoms with van der Waals surface area (Å²) < 4.78 is 39.9. The molecule has 0 spiro atoms. The number of alkyl halides is 3. The minimum absolute atomic E-state index is 0.0297. The molecule has 1 aromatic heterocycles. The molecule has 0 aliphatic heterocycles. The van der Waals surface area contributed by atoms with Crippen molar-refractivity contribution < 1.29 is 18.0 Å². The Kier molecular flexibility index (Phi) is 6.20. The highest BCUT2D eigenvalue weighted by Gasteiger charge is 2.31. The second-order valence-electron chi connectivity index (χ2n) is 5.55. The van der Waals surface area contributed by atoms with Gasteiger partial charge in [-0.15, -0.1) is 5.10 Å². The monoisotopic (exact) mass is 427 g/mol. The molecule has 3 rings (SSSR count). The molecule has 6 nitrogen and oxygen atoms in total. The molecule has 11 heteroatoms. The predicted molar refractivity (Wildman–Crippen MR) is 99.6 cm³/mol. The third-order valence-corrected chi connectivity index (χ3v) is 4.82. The molecule has 1 heterocycles. The van der Waals surface area contributed by atoms with Gasteiger partial charge in [0.15, 0.2) is 0 Å². The Hall–Kier alpha value is -2.59. The third kappa shape index (κ3) is 5.02. The number of tetrazole rings is 1. The first-order valence-electron chi connectivity index (χ1n) is 7.98. The van der Waals surface area contributed by atoms with Crippen molar-refractivity contribution in [3.05, 3.63) is 59.1 Å². The van der Waals surface area contributed by atoms with Crippen LogP contribution >= 0.6 is 23.4 Å². The number of carbonyl (C=O) groups is 1. The number of rotatable bonds is 6. The molecule has 3 aromatic rings. The summed E-state index contributed by atoms with van der Waals surface area (Å²) in [6, 6.07) is 12.0. The molecule has 28 heavy (non-hydrogen) atoms. The van der Waals surface area contributed by atoms with Gasteiger partial charge in [-0.2, -0.15) is 17.9 Å². The number of benzene rings is 2. The lowest BCUT2D eigenvalue weighted by molar-refractivity contribution is -0.137. The summed E-state index contributed by atoms with van der Waals surface area (Å²) >= 11 is 7.13.